The predicted octanol–water partition coefficient (Wildman–Crippen LogP) is 1.93. The minimum atomic E-state index is -0.408. The zero-order chi connectivity index (χ0) is 12.1. The minimum Gasteiger partial charge on any atom is -0.382 e. The van der Waals surface area contributed by atoms with Gasteiger partial charge in [0.2, 0.25) is 0 Å². The predicted molar refractivity (Wildman–Crippen MR) is 70.8 cm³/mol. The van der Waals surface area contributed by atoms with Gasteiger partial charge in [-0.25, -0.2) is 0 Å². The van der Waals surface area contributed by atoms with E-state index in [9.17, 15) is 5.11 Å². The molecule has 0 aliphatic heterocycles. The van der Waals surface area contributed by atoms with Crippen LogP contribution < -0.4 is 5.32 Å². The van der Waals surface area contributed by atoms with Crippen LogP contribution in [0, 0.1) is 0 Å². The first-order valence-electron chi connectivity index (χ1n) is 5.85. The maximum Gasteiger partial charge on any atom is 0.130 e. The number of aliphatic hydroxyl groups excluding tert-OH is 1. The fraction of sp³-hybridized carbons (Fsp3) is 0.286. The van der Waals surface area contributed by atoms with Gasteiger partial charge in [-0.15, -0.1) is 0 Å². The van der Waals surface area contributed by atoms with E-state index in [-0.39, 0.29) is 6.04 Å². The number of benzene rings is 1. The van der Waals surface area contributed by atoms with E-state index in [1.54, 1.807) is 11.3 Å². The van der Waals surface area contributed by atoms with Crippen LogP contribution in [0.4, 0.5) is 0 Å². The van der Waals surface area contributed by atoms with E-state index >= 15 is 0 Å². The van der Waals surface area contributed by atoms with Gasteiger partial charge in [-0.2, -0.15) is 11.3 Å². The van der Waals surface area contributed by atoms with Crippen LogP contribution in [0.3, 0.4) is 0 Å². The molecule has 2 rings (SSSR count). The molecule has 0 fully saturated rings. The molecule has 0 aliphatic rings. The van der Waals surface area contributed by atoms with Crippen molar-refractivity contribution in [3.63, 3.8) is 0 Å². The Morgan fingerprint density at radius 1 is 1.24 bits per heavy atom. The third kappa shape index (κ3) is 3.40. The topological polar surface area (TPSA) is 36.8 Å². The van der Waals surface area contributed by atoms with E-state index < -0.39 is 6.10 Å². The lowest BCUT2D eigenvalue weighted by Gasteiger charge is -2.17. The molecular weight excluding hydrogens is 230 g/mol. The molecule has 0 saturated carbocycles. The summed E-state index contributed by atoms with van der Waals surface area (Å²) in [5, 5.41) is 16.6. The van der Waals surface area contributed by atoms with Gasteiger partial charge in [0.25, 0.3) is 0 Å². The lowest BCUT2D eigenvalue weighted by molar-refractivity contribution is -0.709. The molecule has 1 aromatic heterocycles. The summed E-state index contributed by atoms with van der Waals surface area (Å²) < 4.78 is 0. The van der Waals surface area contributed by atoms with Crippen molar-refractivity contribution in [1.29, 1.82) is 0 Å². The van der Waals surface area contributed by atoms with Crippen LogP contribution in [0.5, 0.6) is 0 Å². The molecule has 3 heteroatoms. The van der Waals surface area contributed by atoms with Crippen molar-refractivity contribution in [1.82, 2.24) is 0 Å². The Kier molecular flexibility index (Phi) is 4.31. The molecule has 2 nitrogen and oxygen atoms in total. The third-order valence-electron chi connectivity index (χ3n) is 2.94. The van der Waals surface area contributed by atoms with Crippen molar-refractivity contribution in [3.8, 4) is 0 Å². The van der Waals surface area contributed by atoms with Gasteiger partial charge in [-0.1, -0.05) is 30.3 Å². The zero-order valence-electron chi connectivity index (χ0n) is 9.91. The maximum atomic E-state index is 10.2. The van der Waals surface area contributed by atoms with Crippen LogP contribution in [0.15, 0.2) is 47.2 Å². The molecule has 2 aromatic rings. The van der Waals surface area contributed by atoms with Gasteiger partial charge in [0.05, 0.1) is 0 Å². The van der Waals surface area contributed by atoms with E-state index in [1.807, 2.05) is 30.3 Å². The Morgan fingerprint density at radius 3 is 2.65 bits per heavy atom. The first-order chi connectivity index (χ1) is 8.27. The molecule has 1 aromatic carbocycles. The van der Waals surface area contributed by atoms with E-state index in [0.717, 1.165) is 12.1 Å². The van der Waals surface area contributed by atoms with E-state index in [0.29, 0.717) is 0 Å². The Labute approximate surface area is 106 Å². The number of aliphatic hydroxyl groups is 1. The van der Waals surface area contributed by atoms with Gasteiger partial charge in [-0.3, -0.25) is 0 Å². The molecule has 1 heterocycles. The van der Waals surface area contributed by atoms with Gasteiger partial charge in [0, 0.05) is 5.56 Å². The summed E-state index contributed by atoms with van der Waals surface area (Å²) in [4.78, 5) is 0. The summed E-state index contributed by atoms with van der Waals surface area (Å²) in [6.07, 6.45) is -0.408. The molecule has 0 aliphatic carbocycles. The fourth-order valence-corrected chi connectivity index (χ4v) is 2.49. The Morgan fingerprint density at radius 2 is 2.00 bits per heavy atom. The molecule has 0 radical (unpaired) electrons. The highest BCUT2D eigenvalue weighted by atomic mass is 32.1. The number of quaternary nitrogens is 1. The highest BCUT2D eigenvalue weighted by Gasteiger charge is 2.18. The zero-order valence-corrected chi connectivity index (χ0v) is 10.7. The third-order valence-corrected chi connectivity index (χ3v) is 3.68. The normalized spacial score (nSPS) is 14.5. The summed E-state index contributed by atoms with van der Waals surface area (Å²) in [6.45, 7) is 2.98. The average molecular weight is 248 g/mol. The highest BCUT2D eigenvalue weighted by molar-refractivity contribution is 7.07. The summed E-state index contributed by atoms with van der Waals surface area (Å²) in [5.74, 6) is 0. The maximum absolute atomic E-state index is 10.2. The number of hydrogen-bond acceptors (Lipinski definition) is 2. The summed E-state index contributed by atoms with van der Waals surface area (Å²) in [6, 6.07) is 12.1. The van der Waals surface area contributed by atoms with E-state index in [2.05, 4.69) is 29.1 Å². The number of thiophene rings is 1. The molecule has 0 unspecified atom stereocenters. The molecule has 17 heavy (non-hydrogen) atoms. The SMILES string of the molecule is C[C@H]([NH2+]Cc1ccsc1)[C@@H](O)c1ccccc1. The number of hydrogen-bond donors (Lipinski definition) is 2. The number of nitrogens with two attached hydrogens (primary N) is 1. The van der Waals surface area contributed by atoms with Crippen molar-refractivity contribution in [2.75, 3.05) is 0 Å². The van der Waals surface area contributed by atoms with Crippen LogP contribution in [0.25, 0.3) is 0 Å². The van der Waals surface area contributed by atoms with Crippen molar-refractivity contribution in [2.24, 2.45) is 0 Å². The largest absolute Gasteiger partial charge is 0.382 e. The minimum absolute atomic E-state index is 0.164. The van der Waals surface area contributed by atoms with Gasteiger partial charge in [0.15, 0.2) is 0 Å². The Bertz CT molecular complexity index is 427. The Hall–Kier alpha value is -1.16. The molecule has 0 bridgehead atoms. The Balaban J connectivity index is 1.89. The molecular formula is C14H18NOS+. The molecule has 2 atom stereocenters. The lowest BCUT2D eigenvalue weighted by atomic mass is 10.0. The van der Waals surface area contributed by atoms with Crippen LogP contribution in [-0.2, 0) is 6.54 Å². The van der Waals surface area contributed by atoms with Gasteiger partial charge >= 0.3 is 0 Å². The fourth-order valence-electron chi connectivity index (χ4n) is 1.81. The second-order valence-corrected chi connectivity index (χ2v) is 5.07. The van der Waals surface area contributed by atoms with Crippen LogP contribution in [0.2, 0.25) is 0 Å². The summed E-state index contributed by atoms with van der Waals surface area (Å²) in [5.41, 5.74) is 2.31. The second-order valence-electron chi connectivity index (χ2n) is 4.29. The monoisotopic (exact) mass is 248 g/mol. The van der Waals surface area contributed by atoms with Crippen LogP contribution in [-0.4, -0.2) is 11.1 Å². The van der Waals surface area contributed by atoms with Gasteiger partial charge < -0.3 is 10.4 Å². The molecule has 3 N–H and O–H groups in total. The standard InChI is InChI=1S/C14H17NOS/c1-11(15-9-12-7-8-17-10-12)14(16)13-5-3-2-4-6-13/h2-8,10-11,14-16H,9H2,1H3/p+1/t11-,14+/m0/s1. The quantitative estimate of drug-likeness (QED) is 0.833. The molecule has 0 spiro atoms. The van der Waals surface area contributed by atoms with E-state index in [1.165, 1.54) is 5.56 Å². The molecule has 90 valence electrons. The van der Waals surface area contributed by atoms with Crippen LogP contribution >= 0.6 is 11.3 Å². The van der Waals surface area contributed by atoms with Crippen molar-refractivity contribution in [2.45, 2.75) is 25.6 Å². The highest BCUT2D eigenvalue weighted by Crippen LogP contribution is 2.14. The molecule has 0 amide bonds. The van der Waals surface area contributed by atoms with Gasteiger partial charge in [0.1, 0.15) is 18.7 Å². The lowest BCUT2D eigenvalue weighted by Crippen LogP contribution is -2.88. The second kappa shape index (κ2) is 5.96. The number of rotatable bonds is 5. The van der Waals surface area contributed by atoms with Crippen molar-refractivity contribution >= 4 is 11.3 Å². The van der Waals surface area contributed by atoms with E-state index in [4.69, 9.17) is 0 Å². The first kappa shape index (κ1) is 12.3. The smallest absolute Gasteiger partial charge is 0.130 e. The summed E-state index contributed by atoms with van der Waals surface area (Å²) >= 11 is 1.71. The van der Waals surface area contributed by atoms with Gasteiger partial charge in [-0.05, 0) is 29.3 Å². The van der Waals surface area contributed by atoms with Crippen LogP contribution in [0.1, 0.15) is 24.2 Å². The van der Waals surface area contributed by atoms with Crippen molar-refractivity contribution in [3.05, 3.63) is 58.3 Å². The van der Waals surface area contributed by atoms with Crippen molar-refractivity contribution < 1.29 is 10.4 Å². The average Bonchev–Trinajstić information content (AvgIpc) is 2.89. The first-order valence-corrected chi connectivity index (χ1v) is 6.79. The summed E-state index contributed by atoms with van der Waals surface area (Å²) in [7, 11) is 0. The molecule has 0 saturated heterocycles.